The van der Waals surface area contributed by atoms with Crippen LogP contribution in [0.15, 0.2) is 18.2 Å². The lowest BCUT2D eigenvalue weighted by molar-refractivity contribution is -0.384. The number of nitro benzene ring substituents is 1. The molecule has 23 heavy (non-hydrogen) atoms. The Morgan fingerprint density at radius 3 is 2.30 bits per heavy atom. The van der Waals surface area contributed by atoms with Crippen LogP contribution in [0.4, 0.5) is 5.69 Å². The number of morpholine rings is 1. The maximum absolute atomic E-state index is 12.6. The number of nitrogens with zero attached hydrogens (tertiary/aromatic N) is 2. The van der Waals surface area contributed by atoms with Crippen LogP contribution in [0, 0.1) is 10.1 Å². The molecule has 0 aromatic heterocycles. The molecule has 0 bridgehead atoms. The summed E-state index contributed by atoms with van der Waals surface area (Å²) in [5.41, 5.74) is -0.272. The highest BCUT2D eigenvalue weighted by Gasteiger charge is 2.28. The molecule has 1 aliphatic rings. The van der Waals surface area contributed by atoms with E-state index in [4.69, 9.17) is 4.74 Å². The van der Waals surface area contributed by atoms with Gasteiger partial charge >= 0.3 is 5.97 Å². The van der Waals surface area contributed by atoms with Crippen LogP contribution in [-0.4, -0.2) is 54.1 Å². The second kappa shape index (κ2) is 6.74. The average molecular weight is 322 g/mol. The van der Waals surface area contributed by atoms with Gasteiger partial charge in [-0.15, -0.1) is 0 Å². The van der Waals surface area contributed by atoms with Crippen LogP contribution >= 0.6 is 0 Å². The van der Waals surface area contributed by atoms with E-state index in [-0.39, 0.29) is 34.9 Å². The molecule has 0 aliphatic carbocycles. The highest BCUT2D eigenvalue weighted by Crippen LogP contribution is 2.21. The van der Waals surface area contributed by atoms with E-state index in [0.717, 1.165) is 6.07 Å². The van der Waals surface area contributed by atoms with Crippen LogP contribution in [0.25, 0.3) is 0 Å². The second-order valence-electron chi connectivity index (χ2n) is 5.48. The van der Waals surface area contributed by atoms with Gasteiger partial charge in [-0.3, -0.25) is 14.9 Å². The van der Waals surface area contributed by atoms with Gasteiger partial charge in [0, 0.05) is 30.8 Å². The van der Waals surface area contributed by atoms with E-state index in [0.29, 0.717) is 13.1 Å². The minimum absolute atomic E-state index is 0.0283. The molecule has 1 aliphatic heterocycles. The molecule has 1 aromatic rings. The molecule has 1 fully saturated rings. The maximum Gasteiger partial charge on any atom is 0.338 e. The van der Waals surface area contributed by atoms with Crippen molar-refractivity contribution in [3.8, 4) is 0 Å². The van der Waals surface area contributed by atoms with Crippen molar-refractivity contribution in [1.82, 2.24) is 4.90 Å². The number of carbonyl (C=O) groups is 2. The standard InChI is InChI=1S/C15H18N2O6/c1-9-7-16(8-10(2)23-9)14(18)11-4-12(15(19)22-3)6-13(5-11)17(20)21/h4-6,9-10H,7-8H2,1-3H3/t9-,10+. The minimum atomic E-state index is -0.730. The average Bonchev–Trinajstić information content (AvgIpc) is 2.51. The third-order valence-corrected chi connectivity index (χ3v) is 3.50. The van der Waals surface area contributed by atoms with Gasteiger partial charge in [0.2, 0.25) is 0 Å². The fraction of sp³-hybridized carbons (Fsp3) is 0.467. The zero-order chi connectivity index (χ0) is 17.1. The lowest BCUT2D eigenvalue weighted by atomic mass is 10.1. The van der Waals surface area contributed by atoms with Crippen LogP contribution < -0.4 is 0 Å². The first kappa shape index (κ1) is 16.9. The Balaban J connectivity index is 2.37. The predicted octanol–water partition coefficient (Wildman–Crippen LogP) is 1.63. The fourth-order valence-electron chi connectivity index (χ4n) is 2.60. The lowest BCUT2D eigenvalue weighted by Crippen LogP contribution is -2.48. The van der Waals surface area contributed by atoms with Crippen LogP contribution in [-0.2, 0) is 9.47 Å². The van der Waals surface area contributed by atoms with Crippen LogP contribution in [0.1, 0.15) is 34.6 Å². The summed E-state index contributed by atoms with van der Waals surface area (Å²) < 4.78 is 10.1. The first-order valence-electron chi connectivity index (χ1n) is 7.14. The van der Waals surface area contributed by atoms with Crippen molar-refractivity contribution < 1.29 is 24.0 Å². The normalized spacial score (nSPS) is 20.9. The number of esters is 1. The minimum Gasteiger partial charge on any atom is -0.465 e. The van der Waals surface area contributed by atoms with E-state index < -0.39 is 10.9 Å². The van der Waals surface area contributed by atoms with E-state index >= 15 is 0 Å². The molecule has 0 saturated carbocycles. The summed E-state index contributed by atoms with van der Waals surface area (Å²) in [7, 11) is 1.17. The summed E-state index contributed by atoms with van der Waals surface area (Å²) in [5, 5.41) is 11.0. The summed E-state index contributed by atoms with van der Waals surface area (Å²) in [5.74, 6) is -1.10. The molecular formula is C15H18N2O6. The number of hydrogen-bond acceptors (Lipinski definition) is 6. The highest BCUT2D eigenvalue weighted by atomic mass is 16.6. The molecule has 2 rings (SSSR count). The zero-order valence-electron chi connectivity index (χ0n) is 13.1. The van der Waals surface area contributed by atoms with E-state index in [1.165, 1.54) is 19.2 Å². The number of hydrogen-bond donors (Lipinski definition) is 0. The molecule has 0 unspecified atom stereocenters. The number of carbonyl (C=O) groups excluding carboxylic acids is 2. The van der Waals surface area contributed by atoms with Crippen molar-refractivity contribution in [3.63, 3.8) is 0 Å². The smallest absolute Gasteiger partial charge is 0.338 e. The molecule has 0 radical (unpaired) electrons. The van der Waals surface area contributed by atoms with Crippen LogP contribution in [0.2, 0.25) is 0 Å². The quantitative estimate of drug-likeness (QED) is 0.476. The van der Waals surface area contributed by atoms with Gasteiger partial charge in [-0.2, -0.15) is 0 Å². The van der Waals surface area contributed by atoms with Gasteiger partial charge in [0.15, 0.2) is 0 Å². The van der Waals surface area contributed by atoms with E-state index in [1.54, 1.807) is 4.90 Å². The Morgan fingerprint density at radius 2 is 1.78 bits per heavy atom. The number of methoxy groups -OCH3 is 1. The van der Waals surface area contributed by atoms with Crippen molar-refractivity contribution in [3.05, 3.63) is 39.4 Å². The van der Waals surface area contributed by atoms with Gasteiger partial charge in [0.25, 0.3) is 11.6 Å². The Morgan fingerprint density at radius 1 is 1.22 bits per heavy atom. The molecule has 1 aromatic carbocycles. The van der Waals surface area contributed by atoms with E-state index in [1.807, 2.05) is 13.8 Å². The number of benzene rings is 1. The maximum atomic E-state index is 12.6. The predicted molar refractivity (Wildman–Crippen MR) is 80.3 cm³/mol. The Bertz CT molecular complexity index is 635. The summed E-state index contributed by atoms with van der Waals surface area (Å²) in [6.45, 7) is 4.48. The second-order valence-corrected chi connectivity index (χ2v) is 5.48. The monoisotopic (exact) mass is 322 g/mol. The number of non-ortho nitro benzene ring substituents is 1. The summed E-state index contributed by atoms with van der Waals surface area (Å²) in [4.78, 5) is 36.2. The number of rotatable bonds is 3. The molecule has 1 amide bonds. The molecule has 2 atom stereocenters. The van der Waals surface area contributed by atoms with Gasteiger partial charge < -0.3 is 14.4 Å². The Labute approximate surface area is 133 Å². The lowest BCUT2D eigenvalue weighted by Gasteiger charge is -2.35. The summed E-state index contributed by atoms with van der Waals surface area (Å²) in [6, 6.07) is 3.57. The fourth-order valence-corrected chi connectivity index (χ4v) is 2.60. The summed E-state index contributed by atoms with van der Waals surface area (Å²) in [6.07, 6.45) is -0.247. The van der Waals surface area contributed by atoms with Crippen molar-refractivity contribution in [1.29, 1.82) is 0 Å². The first-order valence-corrected chi connectivity index (χ1v) is 7.14. The molecule has 0 spiro atoms. The molecule has 0 N–H and O–H groups in total. The Hall–Kier alpha value is -2.48. The van der Waals surface area contributed by atoms with Crippen molar-refractivity contribution in [2.75, 3.05) is 20.2 Å². The third-order valence-electron chi connectivity index (χ3n) is 3.50. The van der Waals surface area contributed by atoms with Gasteiger partial charge in [0.1, 0.15) is 0 Å². The topological polar surface area (TPSA) is 99.0 Å². The molecular weight excluding hydrogens is 304 g/mol. The van der Waals surface area contributed by atoms with Crippen molar-refractivity contribution >= 4 is 17.6 Å². The van der Waals surface area contributed by atoms with Crippen molar-refractivity contribution in [2.45, 2.75) is 26.1 Å². The van der Waals surface area contributed by atoms with E-state index in [9.17, 15) is 19.7 Å². The molecule has 8 nitrogen and oxygen atoms in total. The highest BCUT2D eigenvalue weighted by molar-refractivity contribution is 5.99. The Kier molecular flexibility index (Phi) is 4.95. The molecule has 8 heteroatoms. The SMILES string of the molecule is COC(=O)c1cc(C(=O)N2C[C@@H](C)O[C@@H](C)C2)cc([N+](=O)[O-])c1. The molecule has 124 valence electrons. The largest absolute Gasteiger partial charge is 0.465 e. The number of ether oxygens (including phenoxy) is 2. The van der Waals surface area contributed by atoms with Crippen LogP contribution in [0.3, 0.4) is 0 Å². The number of nitro groups is 1. The molecule has 1 heterocycles. The van der Waals surface area contributed by atoms with Gasteiger partial charge in [0.05, 0.1) is 29.8 Å². The van der Waals surface area contributed by atoms with Gasteiger partial charge in [-0.1, -0.05) is 0 Å². The molecule has 1 saturated heterocycles. The van der Waals surface area contributed by atoms with E-state index in [2.05, 4.69) is 4.74 Å². The third kappa shape index (κ3) is 3.84. The number of amides is 1. The van der Waals surface area contributed by atoms with Gasteiger partial charge in [-0.05, 0) is 19.9 Å². The van der Waals surface area contributed by atoms with Gasteiger partial charge in [-0.25, -0.2) is 4.79 Å². The summed E-state index contributed by atoms with van der Waals surface area (Å²) >= 11 is 0. The first-order chi connectivity index (χ1) is 10.8. The zero-order valence-corrected chi connectivity index (χ0v) is 13.1. The van der Waals surface area contributed by atoms with Crippen molar-refractivity contribution in [2.24, 2.45) is 0 Å². The van der Waals surface area contributed by atoms with Crippen LogP contribution in [0.5, 0.6) is 0 Å².